The Balaban J connectivity index is 2.56. The Morgan fingerprint density at radius 3 is 2.50 bits per heavy atom. The zero-order valence-corrected chi connectivity index (χ0v) is 6.89. The quantitative estimate of drug-likeness (QED) is 0.558. The second kappa shape index (κ2) is 2.95. The van der Waals surface area contributed by atoms with Crippen molar-refractivity contribution in [2.24, 2.45) is 9.98 Å². The first-order valence-corrected chi connectivity index (χ1v) is 3.83. The van der Waals surface area contributed by atoms with Gasteiger partial charge in [0.2, 0.25) is 0 Å². The Labute approximate surface area is 62.1 Å². The summed E-state index contributed by atoms with van der Waals surface area (Å²) in [6, 6.07) is 0.394. The summed E-state index contributed by atoms with van der Waals surface area (Å²) in [5.41, 5.74) is 1.18. The van der Waals surface area contributed by atoms with Crippen LogP contribution in [0.3, 0.4) is 0 Å². The lowest BCUT2D eigenvalue weighted by molar-refractivity contribution is 0.739. The van der Waals surface area contributed by atoms with E-state index in [1.165, 1.54) is 12.1 Å². The normalized spacial score (nSPS) is 24.5. The minimum absolute atomic E-state index is 0.394. The van der Waals surface area contributed by atoms with Gasteiger partial charge < -0.3 is 0 Å². The monoisotopic (exact) mass is 138 g/mol. The molecule has 1 aliphatic heterocycles. The average Bonchev–Trinajstić information content (AvgIpc) is 2.13. The number of hydrogen-bond acceptors (Lipinski definition) is 2. The van der Waals surface area contributed by atoms with E-state index in [2.05, 4.69) is 23.8 Å². The predicted octanol–water partition coefficient (Wildman–Crippen LogP) is 2.05. The molecule has 0 saturated heterocycles. The minimum Gasteiger partial charge on any atom is -0.261 e. The van der Waals surface area contributed by atoms with E-state index in [1.807, 2.05) is 6.92 Å². The maximum atomic E-state index is 4.37. The van der Waals surface area contributed by atoms with Crippen molar-refractivity contribution < 1.29 is 0 Å². The fourth-order valence-corrected chi connectivity index (χ4v) is 1.22. The summed E-state index contributed by atoms with van der Waals surface area (Å²) in [5, 5.41) is 0. The number of rotatable bonds is 2. The van der Waals surface area contributed by atoms with E-state index in [0.29, 0.717) is 6.04 Å². The molecule has 0 saturated carbocycles. The second-order valence-corrected chi connectivity index (χ2v) is 2.73. The van der Waals surface area contributed by atoms with E-state index in [4.69, 9.17) is 0 Å². The van der Waals surface area contributed by atoms with Crippen molar-refractivity contribution in [3.8, 4) is 0 Å². The molecule has 0 aromatic heterocycles. The van der Waals surface area contributed by atoms with Crippen LogP contribution in [0.5, 0.6) is 0 Å². The van der Waals surface area contributed by atoms with Gasteiger partial charge in [0.15, 0.2) is 0 Å². The van der Waals surface area contributed by atoms with Crippen LogP contribution in [0.2, 0.25) is 0 Å². The maximum Gasteiger partial charge on any atom is 0.120 e. The molecule has 2 nitrogen and oxygen atoms in total. The average molecular weight is 138 g/mol. The standard InChI is InChI=1S/C8H14N2/c1-4-5-8-6(2)9-7(3)10-8/h8H,4-5H2,1-3H3. The lowest BCUT2D eigenvalue weighted by Gasteiger charge is -2.02. The molecule has 0 bridgehead atoms. The first-order valence-electron chi connectivity index (χ1n) is 3.83. The van der Waals surface area contributed by atoms with Crippen LogP contribution in [0.25, 0.3) is 0 Å². The molecule has 1 rings (SSSR count). The van der Waals surface area contributed by atoms with Crippen LogP contribution < -0.4 is 0 Å². The fraction of sp³-hybridized carbons (Fsp3) is 0.750. The summed E-state index contributed by atoms with van der Waals surface area (Å²) in [4.78, 5) is 8.63. The lowest BCUT2D eigenvalue weighted by atomic mass is 10.1. The van der Waals surface area contributed by atoms with Crippen LogP contribution in [-0.4, -0.2) is 17.6 Å². The van der Waals surface area contributed by atoms with Gasteiger partial charge in [-0.05, 0) is 20.3 Å². The molecule has 0 aromatic rings. The largest absolute Gasteiger partial charge is 0.261 e. The summed E-state index contributed by atoms with van der Waals surface area (Å²) in [6.45, 7) is 6.19. The first kappa shape index (κ1) is 7.45. The van der Waals surface area contributed by atoms with Crippen molar-refractivity contribution in [2.75, 3.05) is 0 Å². The third kappa shape index (κ3) is 1.43. The fourth-order valence-electron chi connectivity index (χ4n) is 1.22. The van der Waals surface area contributed by atoms with Crippen LogP contribution in [0.1, 0.15) is 33.6 Å². The summed E-state index contributed by atoms with van der Waals surface area (Å²) >= 11 is 0. The van der Waals surface area contributed by atoms with E-state index in [1.54, 1.807) is 0 Å². The Morgan fingerprint density at radius 2 is 2.10 bits per heavy atom. The molecular weight excluding hydrogens is 124 g/mol. The highest BCUT2D eigenvalue weighted by Crippen LogP contribution is 2.10. The minimum atomic E-state index is 0.394. The third-order valence-electron chi connectivity index (χ3n) is 1.73. The van der Waals surface area contributed by atoms with Gasteiger partial charge in [0.05, 0.1) is 6.04 Å². The predicted molar refractivity (Wildman–Crippen MR) is 44.9 cm³/mol. The van der Waals surface area contributed by atoms with E-state index in [-0.39, 0.29) is 0 Å². The Kier molecular flexibility index (Phi) is 2.20. The van der Waals surface area contributed by atoms with Crippen LogP contribution in [0.4, 0.5) is 0 Å². The van der Waals surface area contributed by atoms with Gasteiger partial charge in [-0.3, -0.25) is 4.99 Å². The van der Waals surface area contributed by atoms with Gasteiger partial charge in [-0.25, -0.2) is 4.99 Å². The van der Waals surface area contributed by atoms with Crippen molar-refractivity contribution in [3.05, 3.63) is 0 Å². The molecule has 1 unspecified atom stereocenters. The molecule has 1 atom stereocenters. The molecule has 1 heterocycles. The van der Waals surface area contributed by atoms with E-state index in [9.17, 15) is 0 Å². The van der Waals surface area contributed by atoms with E-state index in [0.717, 1.165) is 12.3 Å². The number of nitrogens with zero attached hydrogens (tertiary/aromatic N) is 2. The van der Waals surface area contributed by atoms with Crippen molar-refractivity contribution in [3.63, 3.8) is 0 Å². The maximum absolute atomic E-state index is 4.37. The van der Waals surface area contributed by atoms with Gasteiger partial charge in [-0.15, -0.1) is 0 Å². The molecule has 0 amide bonds. The smallest absolute Gasteiger partial charge is 0.120 e. The van der Waals surface area contributed by atoms with Gasteiger partial charge in [0, 0.05) is 5.71 Å². The van der Waals surface area contributed by atoms with E-state index >= 15 is 0 Å². The van der Waals surface area contributed by atoms with Crippen molar-refractivity contribution >= 4 is 11.5 Å². The highest BCUT2D eigenvalue weighted by atomic mass is 15.0. The van der Waals surface area contributed by atoms with E-state index < -0.39 is 0 Å². The molecule has 0 spiro atoms. The molecule has 1 aliphatic rings. The zero-order valence-electron chi connectivity index (χ0n) is 6.89. The summed E-state index contributed by atoms with van der Waals surface area (Å²) < 4.78 is 0. The molecule has 0 aromatic carbocycles. The van der Waals surface area contributed by atoms with Crippen LogP contribution in [-0.2, 0) is 0 Å². The van der Waals surface area contributed by atoms with Gasteiger partial charge in [0.25, 0.3) is 0 Å². The Morgan fingerprint density at radius 1 is 1.40 bits per heavy atom. The van der Waals surface area contributed by atoms with Crippen LogP contribution in [0, 0.1) is 0 Å². The van der Waals surface area contributed by atoms with Gasteiger partial charge in [0.1, 0.15) is 5.84 Å². The summed E-state index contributed by atoms with van der Waals surface area (Å²) in [7, 11) is 0. The number of amidine groups is 1. The second-order valence-electron chi connectivity index (χ2n) is 2.73. The van der Waals surface area contributed by atoms with Gasteiger partial charge in [-0.1, -0.05) is 13.3 Å². The van der Waals surface area contributed by atoms with Crippen LogP contribution in [0.15, 0.2) is 9.98 Å². The lowest BCUT2D eigenvalue weighted by Crippen LogP contribution is -2.10. The van der Waals surface area contributed by atoms with Crippen molar-refractivity contribution in [1.82, 2.24) is 0 Å². The van der Waals surface area contributed by atoms with Gasteiger partial charge >= 0.3 is 0 Å². The van der Waals surface area contributed by atoms with Gasteiger partial charge in [-0.2, -0.15) is 0 Å². The molecular formula is C8H14N2. The SMILES string of the molecule is CCCC1N=C(C)N=C1C. The molecule has 0 fully saturated rings. The Bertz CT molecular complexity index is 180. The molecule has 0 N–H and O–H groups in total. The highest BCUT2D eigenvalue weighted by Gasteiger charge is 2.14. The topological polar surface area (TPSA) is 24.7 Å². The van der Waals surface area contributed by atoms with Crippen molar-refractivity contribution in [1.29, 1.82) is 0 Å². The molecule has 2 heteroatoms. The molecule has 56 valence electrons. The highest BCUT2D eigenvalue weighted by molar-refractivity contribution is 6.03. The summed E-state index contributed by atoms with van der Waals surface area (Å²) in [6.07, 6.45) is 2.33. The number of hydrogen-bond donors (Lipinski definition) is 0. The molecule has 0 aliphatic carbocycles. The van der Waals surface area contributed by atoms with Crippen LogP contribution >= 0.6 is 0 Å². The van der Waals surface area contributed by atoms with Crippen molar-refractivity contribution in [2.45, 2.75) is 39.7 Å². The molecule has 10 heavy (non-hydrogen) atoms. The zero-order chi connectivity index (χ0) is 7.56. The third-order valence-corrected chi connectivity index (χ3v) is 1.73. The Hall–Kier alpha value is -0.660. The molecule has 0 radical (unpaired) electrons. The summed E-state index contributed by atoms with van der Waals surface area (Å²) in [5.74, 6) is 0.941. The number of aliphatic imine (C=N–C) groups is 2. The first-order chi connectivity index (χ1) is 4.74.